The number of hydrogen-bond acceptors (Lipinski definition) is 9. The minimum absolute atomic E-state index is 0.0185. The lowest BCUT2D eigenvalue weighted by atomic mass is 10.1. The SMILES string of the molecule is COC(C)COC(=O)C(C)(C)OCCOC(=O)OC(C)COC(C)=O. The molecule has 0 heterocycles. The minimum atomic E-state index is -1.19. The molecule has 0 amide bonds. The average molecular weight is 364 g/mol. The Balaban J connectivity index is 3.98. The topological polar surface area (TPSA) is 107 Å². The van der Waals surface area contributed by atoms with Crippen LogP contribution in [0.25, 0.3) is 0 Å². The van der Waals surface area contributed by atoms with Crippen molar-refractivity contribution in [2.45, 2.75) is 52.4 Å². The van der Waals surface area contributed by atoms with Gasteiger partial charge in [-0.3, -0.25) is 4.79 Å². The van der Waals surface area contributed by atoms with E-state index in [9.17, 15) is 14.4 Å². The summed E-state index contributed by atoms with van der Waals surface area (Å²) < 4.78 is 29.8. The van der Waals surface area contributed by atoms with Gasteiger partial charge < -0.3 is 28.4 Å². The molecule has 0 aliphatic heterocycles. The van der Waals surface area contributed by atoms with Crippen LogP contribution in [0, 0.1) is 0 Å². The molecular formula is C16H28O9. The molecule has 0 bridgehead atoms. The van der Waals surface area contributed by atoms with E-state index in [2.05, 4.69) is 0 Å². The summed E-state index contributed by atoms with van der Waals surface area (Å²) in [6, 6.07) is 0. The van der Waals surface area contributed by atoms with Gasteiger partial charge in [-0.05, 0) is 27.7 Å². The molecule has 146 valence electrons. The van der Waals surface area contributed by atoms with E-state index in [1.165, 1.54) is 14.0 Å². The van der Waals surface area contributed by atoms with E-state index < -0.39 is 29.8 Å². The summed E-state index contributed by atoms with van der Waals surface area (Å²) in [5.41, 5.74) is -1.19. The minimum Gasteiger partial charge on any atom is -0.462 e. The zero-order valence-corrected chi connectivity index (χ0v) is 15.7. The second-order valence-corrected chi connectivity index (χ2v) is 5.83. The van der Waals surface area contributed by atoms with Crippen LogP contribution in [0.3, 0.4) is 0 Å². The zero-order valence-electron chi connectivity index (χ0n) is 15.7. The van der Waals surface area contributed by atoms with Crippen molar-refractivity contribution in [3.63, 3.8) is 0 Å². The number of hydrogen-bond donors (Lipinski definition) is 0. The Labute approximate surface area is 147 Å². The van der Waals surface area contributed by atoms with Crippen molar-refractivity contribution in [3.05, 3.63) is 0 Å². The molecule has 0 saturated heterocycles. The molecule has 0 saturated carbocycles. The average Bonchev–Trinajstić information content (AvgIpc) is 2.54. The number of esters is 2. The lowest BCUT2D eigenvalue weighted by molar-refractivity contribution is -0.172. The Morgan fingerprint density at radius 3 is 2.08 bits per heavy atom. The van der Waals surface area contributed by atoms with E-state index in [4.69, 9.17) is 28.4 Å². The Bertz CT molecular complexity index is 433. The van der Waals surface area contributed by atoms with Gasteiger partial charge in [-0.15, -0.1) is 0 Å². The first kappa shape index (κ1) is 23.1. The fourth-order valence-corrected chi connectivity index (χ4v) is 1.38. The Hall–Kier alpha value is -1.87. The van der Waals surface area contributed by atoms with Gasteiger partial charge in [0.15, 0.2) is 5.60 Å². The maximum absolute atomic E-state index is 11.9. The summed E-state index contributed by atoms with van der Waals surface area (Å²) in [5, 5.41) is 0. The molecule has 0 radical (unpaired) electrons. The molecule has 25 heavy (non-hydrogen) atoms. The largest absolute Gasteiger partial charge is 0.508 e. The van der Waals surface area contributed by atoms with Crippen LogP contribution in [-0.4, -0.2) is 69.4 Å². The van der Waals surface area contributed by atoms with Gasteiger partial charge in [0.2, 0.25) is 0 Å². The van der Waals surface area contributed by atoms with Crippen molar-refractivity contribution < 1.29 is 42.8 Å². The third-order valence-corrected chi connectivity index (χ3v) is 2.93. The van der Waals surface area contributed by atoms with E-state index in [1.54, 1.807) is 27.7 Å². The summed E-state index contributed by atoms with van der Waals surface area (Å²) in [7, 11) is 1.52. The quantitative estimate of drug-likeness (QED) is 0.306. The van der Waals surface area contributed by atoms with Crippen molar-refractivity contribution in [3.8, 4) is 0 Å². The summed E-state index contributed by atoms with van der Waals surface area (Å²) in [6.07, 6.45) is -1.77. The smallest absolute Gasteiger partial charge is 0.462 e. The van der Waals surface area contributed by atoms with Crippen molar-refractivity contribution >= 4 is 18.1 Å². The molecule has 0 spiro atoms. The van der Waals surface area contributed by atoms with E-state index in [0.29, 0.717) is 0 Å². The maximum Gasteiger partial charge on any atom is 0.508 e. The zero-order chi connectivity index (χ0) is 19.5. The van der Waals surface area contributed by atoms with Gasteiger partial charge in [0.1, 0.15) is 25.9 Å². The molecule has 2 unspecified atom stereocenters. The number of ether oxygens (including phenoxy) is 6. The van der Waals surface area contributed by atoms with Crippen LogP contribution in [-0.2, 0) is 38.0 Å². The Kier molecular flexibility index (Phi) is 10.8. The molecule has 2 atom stereocenters. The highest BCUT2D eigenvalue weighted by molar-refractivity contribution is 5.78. The van der Waals surface area contributed by atoms with Crippen LogP contribution in [0.2, 0.25) is 0 Å². The predicted octanol–water partition coefficient (Wildman–Crippen LogP) is 1.46. The number of carbonyl (C=O) groups excluding carboxylic acids is 3. The fraction of sp³-hybridized carbons (Fsp3) is 0.812. The van der Waals surface area contributed by atoms with Crippen molar-refractivity contribution in [1.29, 1.82) is 0 Å². The first-order valence-corrected chi connectivity index (χ1v) is 7.89. The third-order valence-electron chi connectivity index (χ3n) is 2.93. The number of methoxy groups -OCH3 is 1. The molecule has 0 aromatic rings. The first-order valence-electron chi connectivity index (χ1n) is 7.89. The van der Waals surface area contributed by atoms with Crippen LogP contribution in [0.1, 0.15) is 34.6 Å². The summed E-state index contributed by atoms with van der Waals surface area (Å²) in [5.74, 6) is -1.01. The highest BCUT2D eigenvalue weighted by Gasteiger charge is 2.30. The lowest BCUT2D eigenvalue weighted by Crippen LogP contribution is -2.39. The molecule has 0 fully saturated rings. The Morgan fingerprint density at radius 1 is 0.920 bits per heavy atom. The fourth-order valence-electron chi connectivity index (χ4n) is 1.38. The molecule has 0 rings (SSSR count). The van der Waals surface area contributed by atoms with E-state index in [0.717, 1.165) is 0 Å². The van der Waals surface area contributed by atoms with Crippen LogP contribution in [0.15, 0.2) is 0 Å². The normalized spacial score (nSPS) is 13.5. The monoisotopic (exact) mass is 364 g/mol. The Morgan fingerprint density at radius 2 is 1.52 bits per heavy atom. The number of carbonyl (C=O) groups is 3. The molecular weight excluding hydrogens is 336 g/mol. The first-order chi connectivity index (χ1) is 11.6. The highest BCUT2D eigenvalue weighted by Crippen LogP contribution is 2.12. The van der Waals surface area contributed by atoms with E-state index >= 15 is 0 Å². The van der Waals surface area contributed by atoms with Gasteiger partial charge in [-0.2, -0.15) is 0 Å². The predicted molar refractivity (Wildman–Crippen MR) is 86.0 cm³/mol. The molecule has 0 aromatic heterocycles. The standard InChI is InChI=1S/C16H28O9/c1-11(20-6)9-23-14(18)16(4,5)24-8-7-21-15(19)25-12(2)10-22-13(3)17/h11-12H,7-10H2,1-6H3. The second kappa shape index (κ2) is 11.6. The summed E-state index contributed by atoms with van der Waals surface area (Å²) in [4.78, 5) is 34.0. The molecule has 0 N–H and O–H groups in total. The maximum atomic E-state index is 11.9. The highest BCUT2D eigenvalue weighted by atomic mass is 16.7. The van der Waals surface area contributed by atoms with E-state index in [1.807, 2.05) is 0 Å². The van der Waals surface area contributed by atoms with Crippen LogP contribution >= 0.6 is 0 Å². The van der Waals surface area contributed by atoms with Crippen molar-refractivity contribution in [2.75, 3.05) is 33.5 Å². The number of rotatable bonds is 11. The molecule has 9 heteroatoms. The molecule has 0 aliphatic rings. The second-order valence-electron chi connectivity index (χ2n) is 5.83. The third kappa shape index (κ3) is 11.3. The van der Waals surface area contributed by atoms with Crippen LogP contribution in [0.5, 0.6) is 0 Å². The van der Waals surface area contributed by atoms with Gasteiger partial charge in [-0.1, -0.05) is 0 Å². The van der Waals surface area contributed by atoms with E-state index in [-0.39, 0.29) is 32.5 Å². The molecule has 9 nitrogen and oxygen atoms in total. The summed E-state index contributed by atoms with van der Waals surface area (Å²) in [6.45, 7) is 7.61. The van der Waals surface area contributed by atoms with Crippen molar-refractivity contribution in [1.82, 2.24) is 0 Å². The van der Waals surface area contributed by atoms with Gasteiger partial charge in [0, 0.05) is 14.0 Å². The lowest BCUT2D eigenvalue weighted by Gasteiger charge is -2.24. The van der Waals surface area contributed by atoms with Gasteiger partial charge in [0.25, 0.3) is 0 Å². The molecule has 0 aromatic carbocycles. The summed E-state index contributed by atoms with van der Waals surface area (Å²) >= 11 is 0. The van der Waals surface area contributed by atoms with Crippen LogP contribution in [0.4, 0.5) is 4.79 Å². The van der Waals surface area contributed by atoms with Gasteiger partial charge in [0.05, 0.1) is 12.7 Å². The van der Waals surface area contributed by atoms with Crippen molar-refractivity contribution in [2.24, 2.45) is 0 Å². The van der Waals surface area contributed by atoms with Gasteiger partial charge in [-0.25, -0.2) is 9.59 Å². The molecule has 0 aliphatic carbocycles. The van der Waals surface area contributed by atoms with Gasteiger partial charge >= 0.3 is 18.1 Å². The van der Waals surface area contributed by atoms with Crippen LogP contribution < -0.4 is 0 Å².